The summed E-state index contributed by atoms with van der Waals surface area (Å²) >= 11 is 6.39. The van der Waals surface area contributed by atoms with Crippen LogP contribution in [0.1, 0.15) is 47.8 Å². The Bertz CT molecular complexity index is 1420. The number of nitrogens with one attached hydrogen (secondary N) is 2. The van der Waals surface area contributed by atoms with Gasteiger partial charge in [0, 0.05) is 22.7 Å². The number of carbonyl (C=O) groups excluding carboxylic acids is 2. The molecule has 2 aromatic carbocycles. The summed E-state index contributed by atoms with van der Waals surface area (Å²) in [6.07, 6.45) is -9.75. The van der Waals surface area contributed by atoms with E-state index in [0.717, 1.165) is 16.9 Å². The molecule has 4 N–H and O–H groups in total. The molecule has 1 aromatic heterocycles. The Morgan fingerprint density at radius 1 is 0.974 bits per heavy atom. The van der Waals surface area contributed by atoms with E-state index in [9.17, 15) is 35.9 Å². The lowest BCUT2D eigenvalue weighted by Gasteiger charge is -2.30. The molecule has 206 valence electrons. The predicted octanol–water partition coefficient (Wildman–Crippen LogP) is 6.20. The third-order valence-corrected chi connectivity index (χ3v) is 7.46. The predicted molar refractivity (Wildman–Crippen MR) is 139 cm³/mol. The van der Waals surface area contributed by atoms with Crippen molar-refractivity contribution in [1.29, 1.82) is 0 Å². The summed E-state index contributed by atoms with van der Waals surface area (Å²) in [5.74, 6) is -1.19. The van der Waals surface area contributed by atoms with E-state index in [1.807, 2.05) is 6.92 Å². The average Bonchev–Trinajstić information content (AvgIpc) is 3.20. The molecule has 2 heterocycles. The second-order valence-electron chi connectivity index (χ2n) is 8.79. The maximum absolute atomic E-state index is 13.2. The third kappa shape index (κ3) is 6.33. The molecule has 6 nitrogen and oxygen atoms in total. The highest BCUT2D eigenvalue weighted by Gasteiger charge is 2.37. The highest BCUT2D eigenvalue weighted by atomic mass is 32.1. The monoisotopic (exact) mass is 586 g/mol. The number of amides is 2. The first-order valence-corrected chi connectivity index (χ1v) is 12.5. The lowest BCUT2D eigenvalue weighted by Crippen LogP contribution is -2.38. The van der Waals surface area contributed by atoms with Crippen molar-refractivity contribution in [3.63, 3.8) is 0 Å². The Labute approximate surface area is 227 Å². The first kappa shape index (κ1) is 28.4. The summed E-state index contributed by atoms with van der Waals surface area (Å²) in [6, 6.07) is 7.91. The maximum atomic E-state index is 13.2. The van der Waals surface area contributed by atoms with Gasteiger partial charge in [0.2, 0.25) is 0 Å². The number of anilines is 2. The molecule has 0 saturated carbocycles. The van der Waals surface area contributed by atoms with Crippen molar-refractivity contribution in [3.05, 3.63) is 80.7 Å². The van der Waals surface area contributed by atoms with Crippen LogP contribution in [0.3, 0.4) is 0 Å². The molecule has 39 heavy (non-hydrogen) atoms. The highest BCUT2D eigenvalue weighted by Crippen LogP contribution is 2.39. The fourth-order valence-electron chi connectivity index (χ4n) is 4.04. The lowest BCUT2D eigenvalue weighted by atomic mass is 10.0. The Morgan fingerprint density at radius 3 is 2.10 bits per heavy atom. The third-order valence-electron chi connectivity index (χ3n) is 5.97. The van der Waals surface area contributed by atoms with E-state index in [2.05, 4.69) is 10.6 Å². The number of aryl methyl sites for hydroxylation is 1. The molecule has 0 spiro atoms. The van der Waals surface area contributed by atoms with Crippen LogP contribution >= 0.6 is 23.6 Å². The summed E-state index contributed by atoms with van der Waals surface area (Å²) in [5.41, 5.74) is 4.27. The number of nitrogens with zero attached hydrogens (tertiary/aromatic N) is 1. The van der Waals surface area contributed by atoms with Gasteiger partial charge in [0.15, 0.2) is 5.11 Å². The SMILES string of the molecule is Cc1ccc(C(=O)Nc2sc3c(c2C(N)=O)CCN(C(=S)Nc2cc(C(F)(F)F)cc(C(F)(F)F)c2)C3)cc1. The van der Waals surface area contributed by atoms with Gasteiger partial charge in [-0.15, -0.1) is 11.3 Å². The number of rotatable bonds is 4. The lowest BCUT2D eigenvalue weighted by molar-refractivity contribution is -0.143. The van der Waals surface area contributed by atoms with Crippen LogP contribution in [-0.2, 0) is 25.3 Å². The second kappa shape index (κ2) is 10.5. The number of hydrogen-bond donors (Lipinski definition) is 3. The highest BCUT2D eigenvalue weighted by molar-refractivity contribution is 7.80. The van der Waals surface area contributed by atoms with Crippen molar-refractivity contribution < 1.29 is 35.9 Å². The van der Waals surface area contributed by atoms with E-state index < -0.39 is 41.0 Å². The van der Waals surface area contributed by atoms with Crippen LogP contribution in [0.5, 0.6) is 0 Å². The molecule has 3 aromatic rings. The minimum absolute atomic E-state index is 0.0326. The number of primary amides is 1. The van der Waals surface area contributed by atoms with Gasteiger partial charge in [-0.1, -0.05) is 17.7 Å². The van der Waals surface area contributed by atoms with Crippen LogP contribution in [0.4, 0.5) is 37.0 Å². The van der Waals surface area contributed by atoms with Crippen LogP contribution < -0.4 is 16.4 Å². The number of thiocarbonyl (C=S) groups is 1. The molecule has 0 fully saturated rings. The van der Waals surface area contributed by atoms with Gasteiger partial charge in [-0.2, -0.15) is 26.3 Å². The van der Waals surface area contributed by atoms with Crippen molar-refractivity contribution in [2.45, 2.75) is 32.2 Å². The van der Waals surface area contributed by atoms with Gasteiger partial charge in [-0.3, -0.25) is 9.59 Å². The number of nitrogens with two attached hydrogens (primary N) is 1. The smallest absolute Gasteiger partial charge is 0.365 e. The topological polar surface area (TPSA) is 87.5 Å². The van der Waals surface area contributed by atoms with E-state index in [1.54, 1.807) is 24.3 Å². The molecule has 0 aliphatic carbocycles. The standard InChI is InChI=1S/C25H20F6N4O2S2/c1-12-2-4-13(5-3-12)21(37)34-22-19(20(32)36)17-6-7-35(11-18(17)39-22)23(38)33-16-9-14(24(26,27)28)8-15(10-16)25(29,30)31/h2-5,8-10H,6-7,11H2,1H3,(H2,32,36)(H,33,38)(H,34,37). The van der Waals surface area contributed by atoms with Gasteiger partial charge in [0.05, 0.1) is 23.2 Å². The van der Waals surface area contributed by atoms with Crippen LogP contribution in [0, 0.1) is 6.92 Å². The largest absolute Gasteiger partial charge is 0.416 e. The summed E-state index contributed by atoms with van der Waals surface area (Å²) in [4.78, 5) is 27.1. The summed E-state index contributed by atoms with van der Waals surface area (Å²) in [7, 11) is 0. The number of benzene rings is 2. The molecule has 4 rings (SSSR count). The minimum atomic E-state index is -5.00. The Balaban J connectivity index is 1.56. The molecule has 1 aliphatic heterocycles. The fraction of sp³-hybridized carbons (Fsp3) is 0.240. The van der Waals surface area contributed by atoms with Crippen molar-refractivity contribution in [1.82, 2.24) is 4.90 Å². The van der Waals surface area contributed by atoms with Gasteiger partial charge in [0.1, 0.15) is 5.00 Å². The number of hydrogen-bond acceptors (Lipinski definition) is 4. The van der Waals surface area contributed by atoms with Gasteiger partial charge in [-0.25, -0.2) is 0 Å². The number of carbonyl (C=O) groups is 2. The molecule has 14 heteroatoms. The molecule has 0 saturated heterocycles. The Kier molecular flexibility index (Phi) is 7.63. The summed E-state index contributed by atoms with van der Waals surface area (Å²) in [5, 5.41) is 5.32. The van der Waals surface area contributed by atoms with Crippen LogP contribution in [0.15, 0.2) is 42.5 Å². The maximum Gasteiger partial charge on any atom is 0.416 e. The van der Waals surface area contributed by atoms with Gasteiger partial charge < -0.3 is 21.3 Å². The molecule has 1 aliphatic rings. The van der Waals surface area contributed by atoms with Gasteiger partial charge in [-0.05, 0) is 61.5 Å². The van der Waals surface area contributed by atoms with E-state index in [1.165, 1.54) is 4.90 Å². The number of fused-ring (bicyclic) bond motifs is 1. The van der Waals surface area contributed by atoms with Crippen molar-refractivity contribution >= 4 is 51.2 Å². The van der Waals surface area contributed by atoms with Crippen molar-refractivity contribution in [2.75, 3.05) is 17.2 Å². The van der Waals surface area contributed by atoms with Gasteiger partial charge in [0.25, 0.3) is 11.8 Å². The quantitative estimate of drug-likeness (QED) is 0.250. The van der Waals surface area contributed by atoms with Gasteiger partial charge >= 0.3 is 12.4 Å². The van der Waals surface area contributed by atoms with Crippen LogP contribution in [0.2, 0.25) is 0 Å². The zero-order valence-electron chi connectivity index (χ0n) is 20.1. The van der Waals surface area contributed by atoms with Crippen LogP contribution in [0.25, 0.3) is 0 Å². The molecule has 0 atom stereocenters. The molecule has 0 bridgehead atoms. The molecular formula is C25H20F6N4O2S2. The number of halogens is 6. The summed E-state index contributed by atoms with van der Waals surface area (Å²) in [6.45, 7) is 2.16. The van der Waals surface area contributed by atoms with E-state index >= 15 is 0 Å². The van der Waals surface area contributed by atoms with E-state index in [0.29, 0.717) is 28.1 Å². The fourth-order valence-corrected chi connectivity index (χ4v) is 5.57. The van der Waals surface area contributed by atoms with E-state index in [4.69, 9.17) is 18.0 Å². The molecular weight excluding hydrogens is 566 g/mol. The minimum Gasteiger partial charge on any atom is -0.365 e. The molecule has 0 unspecified atom stereocenters. The molecule has 2 amide bonds. The van der Waals surface area contributed by atoms with E-state index in [-0.39, 0.29) is 41.3 Å². The first-order chi connectivity index (χ1) is 18.1. The summed E-state index contributed by atoms with van der Waals surface area (Å²) < 4.78 is 79.3. The Morgan fingerprint density at radius 2 is 1.56 bits per heavy atom. The van der Waals surface area contributed by atoms with Crippen molar-refractivity contribution in [2.24, 2.45) is 5.73 Å². The zero-order valence-corrected chi connectivity index (χ0v) is 21.7. The molecule has 0 radical (unpaired) electrons. The average molecular weight is 587 g/mol. The Hall–Kier alpha value is -3.65. The first-order valence-electron chi connectivity index (χ1n) is 11.3. The van der Waals surface area contributed by atoms with Crippen molar-refractivity contribution in [3.8, 4) is 0 Å². The number of alkyl halides is 6. The van der Waals surface area contributed by atoms with Crippen LogP contribution in [-0.4, -0.2) is 28.4 Å². The zero-order chi connectivity index (χ0) is 28.7. The second-order valence-corrected chi connectivity index (χ2v) is 10.3. The number of thiophene rings is 1. The normalized spacial score (nSPS) is 13.6.